The van der Waals surface area contributed by atoms with Gasteiger partial charge in [0.05, 0.1) is 0 Å². The monoisotopic (exact) mass is 240 g/mol. The van der Waals surface area contributed by atoms with E-state index in [1.54, 1.807) is 0 Å². The molecule has 0 amide bonds. The van der Waals surface area contributed by atoms with Crippen LogP contribution in [-0.4, -0.2) is 27.6 Å². The van der Waals surface area contributed by atoms with Crippen LogP contribution in [0.5, 0.6) is 0 Å². The third-order valence-electron chi connectivity index (χ3n) is 4.20. The van der Waals surface area contributed by atoms with E-state index in [1.165, 1.54) is 12.8 Å². The lowest BCUT2D eigenvalue weighted by Crippen LogP contribution is -2.69. The predicted octanol–water partition coefficient (Wildman–Crippen LogP) is 3.55. The molecule has 0 aliphatic carbocycles. The SMILES string of the molecule is CCCC(C)(C)N1C(C)(C)CC(N)CC1(C)C. The lowest BCUT2D eigenvalue weighted by atomic mass is 9.73. The van der Waals surface area contributed by atoms with Gasteiger partial charge in [0.2, 0.25) is 0 Å². The van der Waals surface area contributed by atoms with Crippen LogP contribution >= 0.6 is 0 Å². The fraction of sp³-hybridized carbons (Fsp3) is 1.00. The zero-order chi connectivity index (χ0) is 13.5. The summed E-state index contributed by atoms with van der Waals surface area (Å²) >= 11 is 0. The first-order chi connectivity index (χ1) is 7.53. The van der Waals surface area contributed by atoms with Crippen LogP contribution in [0.25, 0.3) is 0 Å². The van der Waals surface area contributed by atoms with Crippen molar-refractivity contribution in [2.24, 2.45) is 5.73 Å². The molecule has 0 aromatic carbocycles. The minimum absolute atomic E-state index is 0.194. The normalized spacial score (nSPS) is 26.1. The first-order valence-electron chi connectivity index (χ1n) is 7.09. The van der Waals surface area contributed by atoms with Crippen molar-refractivity contribution in [2.75, 3.05) is 0 Å². The molecule has 1 fully saturated rings. The van der Waals surface area contributed by atoms with Crippen molar-refractivity contribution in [3.8, 4) is 0 Å². The summed E-state index contributed by atoms with van der Waals surface area (Å²) in [5.74, 6) is 0. The number of likely N-dealkylation sites (tertiary alicyclic amines) is 1. The van der Waals surface area contributed by atoms with Crippen molar-refractivity contribution in [3.05, 3.63) is 0 Å². The lowest BCUT2D eigenvalue weighted by molar-refractivity contribution is -0.105. The number of rotatable bonds is 3. The van der Waals surface area contributed by atoms with Gasteiger partial charge in [-0.2, -0.15) is 0 Å². The molecule has 102 valence electrons. The Morgan fingerprint density at radius 2 is 1.53 bits per heavy atom. The highest BCUT2D eigenvalue weighted by Gasteiger charge is 2.49. The van der Waals surface area contributed by atoms with E-state index in [9.17, 15) is 0 Å². The quantitative estimate of drug-likeness (QED) is 0.817. The molecular formula is C15H32N2. The first-order valence-corrected chi connectivity index (χ1v) is 7.09. The molecule has 17 heavy (non-hydrogen) atoms. The average molecular weight is 240 g/mol. The van der Waals surface area contributed by atoms with Crippen LogP contribution in [0.4, 0.5) is 0 Å². The molecule has 2 heteroatoms. The Morgan fingerprint density at radius 1 is 1.12 bits per heavy atom. The van der Waals surface area contributed by atoms with Gasteiger partial charge in [0.1, 0.15) is 0 Å². The van der Waals surface area contributed by atoms with Gasteiger partial charge in [-0.25, -0.2) is 0 Å². The van der Waals surface area contributed by atoms with Gasteiger partial charge in [-0.05, 0) is 60.8 Å². The van der Waals surface area contributed by atoms with Gasteiger partial charge < -0.3 is 5.73 Å². The molecule has 0 atom stereocenters. The van der Waals surface area contributed by atoms with Gasteiger partial charge in [-0.15, -0.1) is 0 Å². The van der Waals surface area contributed by atoms with Gasteiger partial charge >= 0.3 is 0 Å². The van der Waals surface area contributed by atoms with Gasteiger partial charge in [0, 0.05) is 22.7 Å². The van der Waals surface area contributed by atoms with Crippen LogP contribution in [-0.2, 0) is 0 Å². The highest BCUT2D eigenvalue weighted by Crippen LogP contribution is 2.44. The summed E-state index contributed by atoms with van der Waals surface area (Å²) in [5, 5.41) is 0. The molecule has 1 rings (SSSR count). The third kappa shape index (κ3) is 3.03. The molecule has 0 bridgehead atoms. The Balaban J connectivity index is 3.08. The standard InChI is InChI=1S/C15H32N2/c1-8-9-13(2,3)17-14(4,5)10-12(16)11-15(17,6)7/h12H,8-11,16H2,1-7H3. The Kier molecular flexibility index (Phi) is 4.01. The molecule has 1 aliphatic rings. The molecule has 2 nitrogen and oxygen atoms in total. The first kappa shape index (κ1) is 15.0. The fourth-order valence-corrected chi connectivity index (χ4v) is 4.72. The minimum Gasteiger partial charge on any atom is -0.328 e. The van der Waals surface area contributed by atoms with Crippen LogP contribution in [0.3, 0.4) is 0 Å². The molecule has 0 saturated carbocycles. The lowest BCUT2D eigenvalue weighted by Gasteiger charge is -2.61. The summed E-state index contributed by atoms with van der Waals surface area (Å²) in [6.45, 7) is 16.5. The van der Waals surface area contributed by atoms with E-state index >= 15 is 0 Å². The summed E-state index contributed by atoms with van der Waals surface area (Å²) in [4.78, 5) is 2.72. The Hall–Kier alpha value is -0.0800. The summed E-state index contributed by atoms with van der Waals surface area (Å²) in [7, 11) is 0. The highest BCUT2D eigenvalue weighted by atomic mass is 15.3. The number of hydrogen-bond acceptors (Lipinski definition) is 2. The fourth-order valence-electron chi connectivity index (χ4n) is 4.72. The molecule has 0 aromatic heterocycles. The Labute approximate surface area is 108 Å². The van der Waals surface area contributed by atoms with Crippen LogP contribution in [0.2, 0.25) is 0 Å². The summed E-state index contributed by atoms with van der Waals surface area (Å²) in [6, 6.07) is 0.341. The van der Waals surface area contributed by atoms with Crippen molar-refractivity contribution >= 4 is 0 Å². The van der Waals surface area contributed by atoms with Crippen molar-refractivity contribution in [3.63, 3.8) is 0 Å². The van der Waals surface area contributed by atoms with E-state index in [0.29, 0.717) is 6.04 Å². The van der Waals surface area contributed by atoms with E-state index in [0.717, 1.165) is 12.8 Å². The average Bonchev–Trinajstić information content (AvgIpc) is 1.94. The Bertz CT molecular complexity index is 237. The van der Waals surface area contributed by atoms with Crippen LogP contribution in [0.15, 0.2) is 0 Å². The van der Waals surface area contributed by atoms with E-state index in [-0.39, 0.29) is 16.6 Å². The van der Waals surface area contributed by atoms with Gasteiger partial charge in [0.15, 0.2) is 0 Å². The second-order valence-corrected chi connectivity index (χ2v) is 7.69. The third-order valence-corrected chi connectivity index (χ3v) is 4.20. The molecule has 1 heterocycles. The van der Waals surface area contributed by atoms with Gasteiger partial charge in [0.25, 0.3) is 0 Å². The van der Waals surface area contributed by atoms with Crippen molar-refractivity contribution in [1.29, 1.82) is 0 Å². The molecule has 2 N–H and O–H groups in total. The molecule has 1 saturated heterocycles. The van der Waals surface area contributed by atoms with Gasteiger partial charge in [-0.3, -0.25) is 4.90 Å². The molecule has 0 radical (unpaired) electrons. The molecule has 1 aliphatic heterocycles. The number of hydrogen-bond donors (Lipinski definition) is 1. The smallest absolute Gasteiger partial charge is 0.0178 e. The molecule has 0 spiro atoms. The topological polar surface area (TPSA) is 29.3 Å². The van der Waals surface area contributed by atoms with Crippen LogP contribution in [0, 0.1) is 0 Å². The molecule has 0 aromatic rings. The minimum atomic E-state index is 0.194. The maximum Gasteiger partial charge on any atom is 0.0178 e. The van der Waals surface area contributed by atoms with E-state index in [1.807, 2.05) is 0 Å². The predicted molar refractivity (Wildman–Crippen MR) is 76.2 cm³/mol. The second-order valence-electron chi connectivity index (χ2n) is 7.69. The van der Waals surface area contributed by atoms with Crippen molar-refractivity contribution in [2.45, 2.75) is 96.8 Å². The van der Waals surface area contributed by atoms with Crippen molar-refractivity contribution < 1.29 is 0 Å². The highest BCUT2D eigenvalue weighted by molar-refractivity contribution is 5.06. The van der Waals surface area contributed by atoms with E-state index in [4.69, 9.17) is 5.73 Å². The summed E-state index contributed by atoms with van der Waals surface area (Å²) < 4.78 is 0. The van der Waals surface area contributed by atoms with Crippen molar-refractivity contribution in [1.82, 2.24) is 4.90 Å². The van der Waals surface area contributed by atoms with Crippen LogP contribution < -0.4 is 5.73 Å². The maximum atomic E-state index is 6.24. The number of nitrogens with two attached hydrogens (primary N) is 1. The number of nitrogens with zero attached hydrogens (tertiary/aromatic N) is 1. The summed E-state index contributed by atoms with van der Waals surface area (Å²) in [6.07, 6.45) is 4.68. The maximum absolute atomic E-state index is 6.24. The summed E-state index contributed by atoms with van der Waals surface area (Å²) in [5.41, 5.74) is 6.88. The van der Waals surface area contributed by atoms with Gasteiger partial charge in [-0.1, -0.05) is 13.3 Å². The molecule has 0 unspecified atom stereocenters. The van der Waals surface area contributed by atoms with Crippen LogP contribution in [0.1, 0.15) is 74.1 Å². The number of piperidine rings is 1. The Morgan fingerprint density at radius 3 is 1.88 bits per heavy atom. The van der Waals surface area contributed by atoms with E-state index < -0.39 is 0 Å². The van der Waals surface area contributed by atoms with E-state index in [2.05, 4.69) is 53.4 Å². The second kappa shape index (κ2) is 4.55. The zero-order valence-corrected chi connectivity index (χ0v) is 12.9. The largest absolute Gasteiger partial charge is 0.328 e. The zero-order valence-electron chi connectivity index (χ0n) is 12.9. The molecular weight excluding hydrogens is 208 g/mol.